The first-order valence-corrected chi connectivity index (χ1v) is 18.1. The Labute approximate surface area is 278 Å². The summed E-state index contributed by atoms with van der Waals surface area (Å²) in [6, 6.07) is -0.846. The summed E-state index contributed by atoms with van der Waals surface area (Å²) in [6.45, 7) is 6.41. The van der Waals surface area contributed by atoms with Crippen molar-refractivity contribution in [2.24, 2.45) is 5.73 Å². The lowest BCUT2D eigenvalue weighted by Crippen LogP contribution is -2.29. The van der Waals surface area contributed by atoms with Crippen LogP contribution in [0.15, 0.2) is 0 Å². The average molecular weight is 658 g/mol. The predicted molar refractivity (Wildman–Crippen MR) is 182 cm³/mol. The van der Waals surface area contributed by atoms with E-state index in [1.807, 2.05) is 0 Å². The molecule has 0 saturated carbocycles. The average Bonchev–Trinajstić information content (AvgIpc) is 3.04. The molecule has 0 fully saturated rings. The second kappa shape index (κ2) is 34.3. The first-order chi connectivity index (χ1) is 22.4. The lowest BCUT2D eigenvalue weighted by molar-refractivity contribution is -0.138. The molecule has 0 aliphatic heterocycles. The highest BCUT2D eigenvalue weighted by atomic mass is 16.5. The summed E-state index contributed by atoms with van der Waals surface area (Å²) in [7, 11) is 0. The summed E-state index contributed by atoms with van der Waals surface area (Å²) < 4.78 is 16.5. The van der Waals surface area contributed by atoms with Gasteiger partial charge in [-0.3, -0.25) is 19.2 Å². The number of aliphatic carboxylic acids is 1. The Morgan fingerprint density at radius 1 is 0.543 bits per heavy atom. The van der Waals surface area contributed by atoms with Crippen molar-refractivity contribution in [3.63, 3.8) is 0 Å². The number of unbranched alkanes of at least 4 members (excludes halogenated alkanes) is 12. The van der Waals surface area contributed by atoms with Crippen molar-refractivity contribution in [1.82, 2.24) is 10.6 Å². The van der Waals surface area contributed by atoms with Gasteiger partial charge in [0, 0.05) is 52.0 Å². The van der Waals surface area contributed by atoms with Gasteiger partial charge in [0.25, 0.3) is 0 Å². The summed E-state index contributed by atoms with van der Waals surface area (Å²) in [6.07, 6.45) is 19.5. The molecule has 0 aromatic rings. The summed E-state index contributed by atoms with van der Waals surface area (Å²) >= 11 is 0. The van der Waals surface area contributed by atoms with Crippen molar-refractivity contribution in [3.8, 4) is 0 Å². The van der Waals surface area contributed by atoms with Gasteiger partial charge in [-0.1, -0.05) is 84.0 Å². The van der Waals surface area contributed by atoms with Crippen molar-refractivity contribution in [2.45, 2.75) is 148 Å². The van der Waals surface area contributed by atoms with Gasteiger partial charge in [0.1, 0.15) is 11.8 Å². The minimum Gasteiger partial charge on any atom is -0.480 e. The summed E-state index contributed by atoms with van der Waals surface area (Å²) in [5.74, 6) is -0.975. The van der Waals surface area contributed by atoms with Crippen LogP contribution >= 0.6 is 0 Å². The van der Waals surface area contributed by atoms with Crippen molar-refractivity contribution in [1.29, 1.82) is 0 Å². The maximum absolute atomic E-state index is 11.9. The van der Waals surface area contributed by atoms with E-state index in [0.29, 0.717) is 91.3 Å². The zero-order valence-corrected chi connectivity index (χ0v) is 29.0. The molecule has 0 radical (unpaired) electrons. The Kier molecular flexibility index (Phi) is 32.7. The molecule has 0 unspecified atom stereocenters. The number of Topliss-reactive ketones (excluding diaryl/α,β-unsaturated/α-hetero) is 1. The molecular formula is C35H67N3O8. The molecule has 0 saturated heterocycles. The first kappa shape index (κ1) is 43.9. The van der Waals surface area contributed by atoms with Crippen LogP contribution in [0.5, 0.6) is 0 Å². The third-order valence-corrected chi connectivity index (χ3v) is 7.75. The minimum atomic E-state index is -1.00. The number of nitrogens with one attached hydrogen (secondary N) is 2. The molecule has 0 spiro atoms. The predicted octanol–water partition coefficient (Wildman–Crippen LogP) is 5.46. The number of hydrogen-bond donors (Lipinski definition) is 4. The molecule has 46 heavy (non-hydrogen) atoms. The molecule has 2 amide bonds. The van der Waals surface area contributed by atoms with E-state index in [0.717, 1.165) is 25.7 Å². The van der Waals surface area contributed by atoms with Gasteiger partial charge in [-0.2, -0.15) is 0 Å². The second-order valence-corrected chi connectivity index (χ2v) is 12.1. The molecule has 0 bridgehead atoms. The van der Waals surface area contributed by atoms with Crippen LogP contribution in [0.4, 0.5) is 0 Å². The van der Waals surface area contributed by atoms with Crippen LogP contribution in [-0.4, -0.2) is 87.4 Å². The number of amides is 2. The lowest BCUT2D eigenvalue weighted by Gasteiger charge is -2.08. The van der Waals surface area contributed by atoms with Crippen LogP contribution in [0.25, 0.3) is 0 Å². The maximum atomic E-state index is 11.9. The quantitative estimate of drug-likeness (QED) is 0.0640. The zero-order valence-electron chi connectivity index (χ0n) is 29.0. The molecular weight excluding hydrogens is 590 g/mol. The molecule has 0 rings (SSSR count). The Morgan fingerprint density at radius 2 is 0.978 bits per heavy atom. The van der Waals surface area contributed by atoms with E-state index in [2.05, 4.69) is 17.6 Å². The number of hydrogen-bond acceptors (Lipinski definition) is 8. The van der Waals surface area contributed by atoms with Gasteiger partial charge in [-0.25, -0.2) is 0 Å². The standard InChI is InChI=1S/C35H67N3O8/c1-2-3-4-5-6-7-8-9-10-11-15-20-33(40)37-23-16-25-44-27-29-46-30-28-45-26-17-24-38-34(41)22-21-31(39)18-13-12-14-19-32(36)35(42)43/h32H,2-30,36H2,1H3,(H,37,40)(H,38,41)(H,42,43)/t32-/m0/s1. The van der Waals surface area contributed by atoms with Crippen molar-refractivity contribution >= 4 is 23.6 Å². The van der Waals surface area contributed by atoms with E-state index >= 15 is 0 Å². The molecule has 0 aromatic carbocycles. The smallest absolute Gasteiger partial charge is 0.320 e. The fourth-order valence-corrected chi connectivity index (χ4v) is 4.84. The van der Waals surface area contributed by atoms with Crippen LogP contribution in [0.1, 0.15) is 142 Å². The Morgan fingerprint density at radius 3 is 1.50 bits per heavy atom. The zero-order chi connectivity index (χ0) is 33.9. The molecule has 11 heteroatoms. The highest BCUT2D eigenvalue weighted by molar-refractivity contribution is 5.84. The van der Waals surface area contributed by atoms with Gasteiger partial charge < -0.3 is 35.7 Å². The number of carbonyl (C=O) groups is 4. The largest absolute Gasteiger partial charge is 0.480 e. The van der Waals surface area contributed by atoms with Crippen molar-refractivity contribution in [3.05, 3.63) is 0 Å². The molecule has 0 aromatic heterocycles. The molecule has 5 N–H and O–H groups in total. The third-order valence-electron chi connectivity index (χ3n) is 7.75. The highest BCUT2D eigenvalue weighted by Crippen LogP contribution is 2.12. The SMILES string of the molecule is CCCCCCCCCCCCCC(=O)NCCCOCCOCCOCCCNC(=O)CCC(=O)CCCCC[C@H](N)C(=O)O. The number of carboxylic acid groups (broad SMARTS) is 1. The topological polar surface area (TPSA) is 166 Å². The molecule has 0 aliphatic carbocycles. The molecule has 11 nitrogen and oxygen atoms in total. The van der Waals surface area contributed by atoms with Crippen molar-refractivity contribution < 1.29 is 38.5 Å². The number of nitrogens with two attached hydrogens (primary N) is 1. The van der Waals surface area contributed by atoms with Gasteiger partial charge in [0.2, 0.25) is 11.8 Å². The number of rotatable bonds is 36. The van der Waals surface area contributed by atoms with Gasteiger partial charge in [-0.05, 0) is 32.1 Å². The van der Waals surface area contributed by atoms with E-state index in [9.17, 15) is 19.2 Å². The number of carboxylic acids is 1. The van der Waals surface area contributed by atoms with Gasteiger partial charge >= 0.3 is 5.97 Å². The van der Waals surface area contributed by atoms with E-state index in [-0.39, 0.29) is 30.4 Å². The van der Waals surface area contributed by atoms with E-state index in [1.54, 1.807) is 0 Å². The molecule has 270 valence electrons. The molecule has 0 heterocycles. The fraction of sp³-hybridized carbons (Fsp3) is 0.886. The van der Waals surface area contributed by atoms with Crippen molar-refractivity contribution in [2.75, 3.05) is 52.7 Å². The maximum Gasteiger partial charge on any atom is 0.320 e. The van der Waals surface area contributed by atoms with Crippen LogP contribution in [-0.2, 0) is 33.4 Å². The fourth-order valence-electron chi connectivity index (χ4n) is 4.84. The number of ketones is 1. The normalized spacial score (nSPS) is 11.8. The van der Waals surface area contributed by atoms with E-state index < -0.39 is 12.0 Å². The Balaban J connectivity index is 3.32. The van der Waals surface area contributed by atoms with Crippen LogP contribution in [0, 0.1) is 0 Å². The van der Waals surface area contributed by atoms with Crippen LogP contribution < -0.4 is 16.4 Å². The van der Waals surface area contributed by atoms with Crippen LogP contribution in [0.2, 0.25) is 0 Å². The lowest BCUT2D eigenvalue weighted by atomic mass is 10.0. The Hall–Kier alpha value is -2.08. The van der Waals surface area contributed by atoms with Gasteiger partial charge in [0.05, 0.1) is 26.4 Å². The van der Waals surface area contributed by atoms with E-state index in [1.165, 1.54) is 57.8 Å². The minimum absolute atomic E-state index is 0.0418. The Bertz CT molecular complexity index is 753. The molecule has 0 aliphatic rings. The third kappa shape index (κ3) is 33.3. The van der Waals surface area contributed by atoms with E-state index in [4.69, 9.17) is 25.1 Å². The summed E-state index contributed by atoms with van der Waals surface area (Å²) in [5, 5.41) is 14.5. The second-order valence-electron chi connectivity index (χ2n) is 12.1. The van der Waals surface area contributed by atoms with Crippen LogP contribution in [0.3, 0.4) is 0 Å². The molecule has 1 atom stereocenters. The summed E-state index contributed by atoms with van der Waals surface area (Å²) in [4.78, 5) is 46.4. The number of ether oxygens (including phenoxy) is 3. The van der Waals surface area contributed by atoms with Gasteiger partial charge in [-0.15, -0.1) is 0 Å². The monoisotopic (exact) mass is 657 g/mol. The van der Waals surface area contributed by atoms with Gasteiger partial charge in [0.15, 0.2) is 0 Å². The summed E-state index contributed by atoms with van der Waals surface area (Å²) in [5.41, 5.74) is 5.45. The number of carbonyl (C=O) groups excluding carboxylic acids is 3. The first-order valence-electron chi connectivity index (χ1n) is 18.1. The highest BCUT2D eigenvalue weighted by Gasteiger charge is 2.11.